The molecule has 1 aliphatic rings. The predicted molar refractivity (Wildman–Crippen MR) is 69.4 cm³/mol. The highest BCUT2D eigenvalue weighted by molar-refractivity contribution is 5.74. The normalized spacial score (nSPS) is 19.3. The molecule has 0 bridgehead atoms. The van der Waals surface area contributed by atoms with Gasteiger partial charge < -0.3 is 10.2 Å². The molecule has 1 aromatic rings. The molecule has 1 atom stereocenters. The molecule has 0 aliphatic carbocycles. The van der Waals surface area contributed by atoms with Crippen LogP contribution in [0, 0.1) is 0 Å². The summed E-state index contributed by atoms with van der Waals surface area (Å²) in [6.07, 6.45) is -3.29. The van der Waals surface area contributed by atoms with Crippen molar-refractivity contribution in [2.45, 2.75) is 25.1 Å². The van der Waals surface area contributed by atoms with Crippen molar-refractivity contribution < 1.29 is 28.2 Å². The second-order valence-corrected chi connectivity index (χ2v) is 4.79. The summed E-state index contributed by atoms with van der Waals surface area (Å²) in [5.41, 5.74) is 0.437. The topological polar surface area (TPSA) is 60.8 Å². The number of alkyl halides is 3. The molecule has 0 fully saturated rings. The van der Waals surface area contributed by atoms with Crippen LogP contribution in [0.25, 0.3) is 5.57 Å². The van der Waals surface area contributed by atoms with E-state index in [1.165, 1.54) is 18.3 Å². The van der Waals surface area contributed by atoms with Crippen LogP contribution in [0.1, 0.15) is 24.0 Å². The number of carbonyl (C=O) groups is 1. The van der Waals surface area contributed by atoms with Gasteiger partial charge in [0, 0.05) is 6.20 Å². The Kier molecular flexibility index (Phi) is 4.22. The summed E-state index contributed by atoms with van der Waals surface area (Å²) in [6.45, 7) is -0.289. The van der Waals surface area contributed by atoms with Crippen LogP contribution >= 0.6 is 0 Å². The van der Waals surface area contributed by atoms with Gasteiger partial charge in [-0.1, -0.05) is 12.1 Å². The maximum absolute atomic E-state index is 12.5. The summed E-state index contributed by atoms with van der Waals surface area (Å²) in [5.74, 6) is 0. The highest BCUT2D eigenvalue weighted by Crippen LogP contribution is 2.32. The lowest BCUT2D eigenvalue weighted by molar-refractivity contribution is -0.137. The fourth-order valence-corrected chi connectivity index (χ4v) is 2.28. The monoisotopic (exact) mass is 301 g/mol. The Morgan fingerprint density at radius 1 is 1.29 bits per heavy atom. The minimum Gasteiger partial charge on any atom is -0.465 e. The Balaban J connectivity index is 2.27. The SMILES string of the molecule is O=C(O)N1C=C(c2ccc(C(F)(F)F)cc2)CC[C@H]1CO. The van der Waals surface area contributed by atoms with Gasteiger partial charge in [-0.15, -0.1) is 0 Å². The van der Waals surface area contributed by atoms with E-state index >= 15 is 0 Å². The zero-order valence-electron chi connectivity index (χ0n) is 11.0. The van der Waals surface area contributed by atoms with Gasteiger partial charge in [-0.3, -0.25) is 4.90 Å². The van der Waals surface area contributed by atoms with Gasteiger partial charge >= 0.3 is 12.3 Å². The number of aliphatic hydroxyl groups is 1. The molecule has 0 spiro atoms. The average Bonchev–Trinajstić information content (AvgIpc) is 2.45. The van der Waals surface area contributed by atoms with Crippen LogP contribution in [0.15, 0.2) is 30.5 Å². The quantitative estimate of drug-likeness (QED) is 0.882. The molecule has 21 heavy (non-hydrogen) atoms. The van der Waals surface area contributed by atoms with Gasteiger partial charge in [0.2, 0.25) is 0 Å². The lowest BCUT2D eigenvalue weighted by atomic mass is 9.95. The molecule has 0 aromatic heterocycles. The first kappa shape index (κ1) is 15.4. The number of carboxylic acid groups (broad SMARTS) is 1. The Labute approximate surface area is 119 Å². The number of hydrogen-bond acceptors (Lipinski definition) is 2. The Morgan fingerprint density at radius 2 is 1.90 bits per heavy atom. The Bertz CT molecular complexity index is 552. The molecule has 2 rings (SSSR count). The van der Waals surface area contributed by atoms with Crippen LogP contribution in [-0.4, -0.2) is 33.9 Å². The summed E-state index contributed by atoms with van der Waals surface area (Å²) in [6, 6.07) is 4.08. The minimum atomic E-state index is -4.39. The number of aliphatic hydroxyl groups excluding tert-OH is 1. The standard InChI is InChI=1S/C14H14F3NO3/c15-14(16,17)11-4-1-9(2-5-11)10-3-6-12(8-19)18(7-10)13(20)21/h1-2,4-5,7,12,19H,3,6,8H2,(H,20,21)/t12-/m0/s1. The third-order valence-corrected chi connectivity index (χ3v) is 3.45. The maximum atomic E-state index is 12.5. The molecule has 0 saturated carbocycles. The summed E-state index contributed by atoms with van der Waals surface area (Å²) in [5, 5.41) is 18.2. The van der Waals surface area contributed by atoms with Crippen LogP contribution in [0.2, 0.25) is 0 Å². The van der Waals surface area contributed by atoms with E-state index in [1.54, 1.807) is 0 Å². The molecule has 2 N–H and O–H groups in total. The van der Waals surface area contributed by atoms with E-state index in [9.17, 15) is 18.0 Å². The van der Waals surface area contributed by atoms with Crippen LogP contribution in [0.3, 0.4) is 0 Å². The van der Waals surface area contributed by atoms with Gasteiger partial charge in [-0.25, -0.2) is 4.79 Å². The molecule has 1 amide bonds. The first-order chi connectivity index (χ1) is 9.82. The number of allylic oxidation sites excluding steroid dienone is 1. The molecule has 0 unspecified atom stereocenters. The lowest BCUT2D eigenvalue weighted by Crippen LogP contribution is -2.40. The first-order valence-electron chi connectivity index (χ1n) is 6.33. The minimum absolute atomic E-state index is 0.289. The molecule has 1 aliphatic heterocycles. The maximum Gasteiger partial charge on any atom is 0.416 e. The molecule has 7 heteroatoms. The van der Waals surface area contributed by atoms with E-state index in [0.29, 0.717) is 24.0 Å². The van der Waals surface area contributed by atoms with Crippen molar-refractivity contribution in [3.05, 3.63) is 41.6 Å². The van der Waals surface area contributed by atoms with Crippen LogP contribution in [-0.2, 0) is 6.18 Å². The van der Waals surface area contributed by atoms with Crippen molar-refractivity contribution in [2.24, 2.45) is 0 Å². The zero-order chi connectivity index (χ0) is 15.6. The summed E-state index contributed by atoms with van der Waals surface area (Å²) < 4.78 is 37.5. The molecule has 0 radical (unpaired) electrons. The van der Waals surface area contributed by atoms with Crippen molar-refractivity contribution in [1.82, 2.24) is 4.90 Å². The number of benzene rings is 1. The largest absolute Gasteiger partial charge is 0.465 e. The second-order valence-electron chi connectivity index (χ2n) is 4.79. The summed E-state index contributed by atoms with van der Waals surface area (Å²) in [7, 11) is 0. The summed E-state index contributed by atoms with van der Waals surface area (Å²) in [4.78, 5) is 12.1. The second kappa shape index (κ2) is 5.77. The van der Waals surface area contributed by atoms with E-state index in [4.69, 9.17) is 10.2 Å². The molecule has 1 aromatic carbocycles. The third-order valence-electron chi connectivity index (χ3n) is 3.45. The number of halogens is 3. The van der Waals surface area contributed by atoms with E-state index in [-0.39, 0.29) is 6.61 Å². The van der Waals surface area contributed by atoms with E-state index in [2.05, 4.69) is 0 Å². The predicted octanol–water partition coefficient (Wildman–Crippen LogP) is 3.18. The number of rotatable bonds is 2. The number of hydrogen-bond donors (Lipinski definition) is 2. The zero-order valence-corrected chi connectivity index (χ0v) is 11.0. The number of amides is 1. The van der Waals surface area contributed by atoms with Gasteiger partial charge in [0.1, 0.15) is 0 Å². The van der Waals surface area contributed by atoms with Crippen molar-refractivity contribution in [1.29, 1.82) is 0 Å². The highest BCUT2D eigenvalue weighted by atomic mass is 19.4. The van der Waals surface area contributed by atoms with Crippen molar-refractivity contribution >= 4 is 11.7 Å². The fraction of sp³-hybridized carbons (Fsp3) is 0.357. The molecule has 114 valence electrons. The highest BCUT2D eigenvalue weighted by Gasteiger charge is 2.30. The fourth-order valence-electron chi connectivity index (χ4n) is 2.28. The van der Waals surface area contributed by atoms with Gasteiger partial charge in [0.25, 0.3) is 0 Å². The van der Waals surface area contributed by atoms with Crippen molar-refractivity contribution in [3.63, 3.8) is 0 Å². The molecular formula is C14H14F3NO3. The smallest absolute Gasteiger partial charge is 0.416 e. The van der Waals surface area contributed by atoms with Crippen LogP contribution < -0.4 is 0 Å². The average molecular weight is 301 g/mol. The molecule has 4 nitrogen and oxygen atoms in total. The first-order valence-corrected chi connectivity index (χ1v) is 6.33. The molecule has 0 saturated heterocycles. The van der Waals surface area contributed by atoms with Gasteiger partial charge in [0.15, 0.2) is 0 Å². The van der Waals surface area contributed by atoms with Crippen molar-refractivity contribution in [2.75, 3.05) is 6.61 Å². The van der Waals surface area contributed by atoms with Gasteiger partial charge in [0.05, 0.1) is 18.2 Å². The van der Waals surface area contributed by atoms with Crippen LogP contribution in [0.5, 0.6) is 0 Å². The summed E-state index contributed by atoms with van der Waals surface area (Å²) >= 11 is 0. The Hall–Kier alpha value is -2.02. The van der Waals surface area contributed by atoms with E-state index in [1.807, 2.05) is 0 Å². The third kappa shape index (κ3) is 3.36. The Morgan fingerprint density at radius 3 is 2.38 bits per heavy atom. The van der Waals surface area contributed by atoms with Gasteiger partial charge in [-0.05, 0) is 36.1 Å². The molecular weight excluding hydrogens is 287 g/mol. The number of nitrogens with zero attached hydrogens (tertiary/aromatic N) is 1. The van der Waals surface area contributed by atoms with E-state index < -0.39 is 23.9 Å². The van der Waals surface area contributed by atoms with E-state index in [0.717, 1.165) is 17.0 Å². The van der Waals surface area contributed by atoms with Crippen molar-refractivity contribution in [3.8, 4) is 0 Å². The van der Waals surface area contributed by atoms with Gasteiger partial charge in [-0.2, -0.15) is 13.2 Å². The molecule has 1 heterocycles. The lowest BCUT2D eigenvalue weighted by Gasteiger charge is -2.30. The van der Waals surface area contributed by atoms with Crippen LogP contribution in [0.4, 0.5) is 18.0 Å².